The van der Waals surface area contributed by atoms with Gasteiger partial charge in [-0.2, -0.15) is 5.26 Å². The number of halogens is 4. The Bertz CT molecular complexity index is 568. The van der Waals surface area contributed by atoms with Gasteiger partial charge in [0, 0.05) is 16.9 Å². The van der Waals surface area contributed by atoms with Crippen molar-refractivity contribution in [3.05, 3.63) is 22.3 Å². The van der Waals surface area contributed by atoms with E-state index in [0.29, 0.717) is 0 Å². The van der Waals surface area contributed by atoms with E-state index in [4.69, 9.17) is 27.5 Å². The van der Waals surface area contributed by atoms with Crippen molar-refractivity contribution in [2.45, 2.75) is 11.5 Å². The number of nitriles is 1. The summed E-state index contributed by atoms with van der Waals surface area (Å²) in [7, 11) is 0.471. The summed E-state index contributed by atoms with van der Waals surface area (Å²) in [6.45, 7) is 0. The molecule has 1 rings (SSSR count). The second-order valence-electron chi connectivity index (χ2n) is 2.56. The third-order valence-electron chi connectivity index (χ3n) is 1.58. The predicted octanol–water partition coefficient (Wildman–Crippen LogP) is 2.47. The molecule has 0 radical (unpaired) electrons. The van der Waals surface area contributed by atoms with Crippen LogP contribution in [0.5, 0.6) is 0 Å². The van der Waals surface area contributed by atoms with Gasteiger partial charge in [0.25, 0.3) is 15.5 Å². The van der Waals surface area contributed by atoms with Gasteiger partial charge in [0.2, 0.25) is 0 Å². The molecule has 0 atom stereocenters. The minimum Gasteiger partial charge on any atom is -0.242 e. The minimum atomic E-state index is -4.44. The summed E-state index contributed by atoms with van der Waals surface area (Å²) in [5, 5.41) is 6.82. The fourth-order valence-corrected chi connectivity index (χ4v) is 2.27. The fourth-order valence-electron chi connectivity index (χ4n) is 0.950. The normalized spacial score (nSPS) is 11.5. The Morgan fingerprint density at radius 1 is 1.50 bits per heavy atom. The molecule has 0 saturated heterocycles. The van der Waals surface area contributed by atoms with E-state index >= 15 is 0 Å². The van der Waals surface area contributed by atoms with Crippen LogP contribution in [0.2, 0.25) is 5.02 Å². The van der Waals surface area contributed by atoms with Gasteiger partial charge in [-0.1, -0.05) is 11.6 Å². The van der Waals surface area contributed by atoms with Gasteiger partial charge in [0.1, 0.15) is 6.07 Å². The van der Waals surface area contributed by atoms with Crippen LogP contribution in [0.4, 0.5) is 8.78 Å². The number of hydrogen-bond donors (Lipinski definition) is 0. The summed E-state index contributed by atoms with van der Waals surface area (Å²) < 4.78 is 47.0. The van der Waals surface area contributed by atoms with Crippen LogP contribution in [-0.2, 0) is 9.05 Å². The molecule has 9 heteroatoms. The topological polar surface area (TPSA) is 70.8 Å². The molecule has 16 heavy (non-hydrogen) atoms. The Morgan fingerprint density at radius 2 is 2.06 bits per heavy atom. The van der Waals surface area contributed by atoms with Gasteiger partial charge in [-0.05, 0) is 0 Å². The summed E-state index contributed by atoms with van der Waals surface area (Å²) in [5.41, 5.74) is -1.41. The second kappa shape index (κ2) is 4.49. The Balaban J connectivity index is 3.69. The van der Waals surface area contributed by atoms with Crippen molar-refractivity contribution >= 4 is 31.3 Å². The van der Waals surface area contributed by atoms with Gasteiger partial charge in [-0.3, -0.25) is 0 Å². The maximum atomic E-state index is 12.6. The Morgan fingerprint density at radius 3 is 2.44 bits per heavy atom. The third kappa shape index (κ3) is 2.40. The van der Waals surface area contributed by atoms with Crippen LogP contribution in [0.1, 0.15) is 17.6 Å². The molecule has 0 bridgehead atoms. The van der Waals surface area contributed by atoms with E-state index in [1.54, 1.807) is 0 Å². The summed E-state index contributed by atoms with van der Waals surface area (Å²) in [6.07, 6.45) is -2.43. The zero-order valence-corrected chi connectivity index (χ0v) is 9.61. The summed E-state index contributed by atoms with van der Waals surface area (Å²) in [4.78, 5) is 3.20. The quantitative estimate of drug-likeness (QED) is 0.783. The van der Waals surface area contributed by atoms with E-state index in [0.717, 1.165) is 6.20 Å². The van der Waals surface area contributed by atoms with Gasteiger partial charge in [0.05, 0.1) is 16.1 Å². The molecular weight excluding hydrogens is 285 g/mol. The first kappa shape index (κ1) is 13.1. The average molecular weight is 287 g/mol. The highest BCUT2D eigenvalue weighted by Crippen LogP contribution is 2.34. The zero-order valence-electron chi connectivity index (χ0n) is 7.29. The highest BCUT2D eigenvalue weighted by atomic mass is 35.7. The molecule has 0 unspecified atom stereocenters. The highest BCUT2D eigenvalue weighted by Gasteiger charge is 2.28. The Kier molecular flexibility index (Phi) is 3.68. The molecule has 0 N–H and O–H groups in total. The lowest BCUT2D eigenvalue weighted by atomic mass is 10.2. The lowest BCUT2D eigenvalue weighted by Gasteiger charge is -2.07. The molecule has 0 fully saturated rings. The van der Waals surface area contributed by atoms with Crippen molar-refractivity contribution in [1.29, 1.82) is 5.26 Å². The monoisotopic (exact) mass is 286 g/mol. The summed E-state index contributed by atoms with van der Waals surface area (Å²) in [6, 6.07) is 1.50. The first-order valence-electron chi connectivity index (χ1n) is 3.60. The first-order valence-corrected chi connectivity index (χ1v) is 6.29. The van der Waals surface area contributed by atoms with Gasteiger partial charge >= 0.3 is 0 Å². The summed E-state index contributed by atoms with van der Waals surface area (Å²) >= 11 is 5.45. The third-order valence-corrected chi connectivity index (χ3v) is 3.22. The van der Waals surface area contributed by atoms with Crippen molar-refractivity contribution < 1.29 is 17.2 Å². The number of hydrogen-bond acceptors (Lipinski definition) is 4. The minimum absolute atomic E-state index is 0.346. The van der Waals surface area contributed by atoms with E-state index in [1.807, 2.05) is 0 Å². The average Bonchev–Trinajstić information content (AvgIpc) is 2.15. The van der Waals surface area contributed by atoms with Crippen molar-refractivity contribution in [2.75, 3.05) is 0 Å². The number of pyridine rings is 1. The van der Waals surface area contributed by atoms with Crippen LogP contribution in [0.25, 0.3) is 0 Å². The maximum absolute atomic E-state index is 12.6. The van der Waals surface area contributed by atoms with Crippen molar-refractivity contribution in [3.63, 3.8) is 0 Å². The fraction of sp³-hybridized carbons (Fsp3) is 0.143. The molecule has 0 aliphatic rings. The van der Waals surface area contributed by atoms with E-state index in [9.17, 15) is 17.2 Å². The van der Waals surface area contributed by atoms with E-state index in [1.165, 1.54) is 6.07 Å². The molecule has 86 valence electrons. The lowest BCUT2D eigenvalue weighted by molar-refractivity contribution is 0.147. The molecule has 4 nitrogen and oxygen atoms in total. The standard InChI is InChI=1S/C7H2Cl2F2N2O2S/c8-5-3(1-12)2-13-7(16(9,14)15)4(5)6(10)11/h2,6H. The van der Waals surface area contributed by atoms with Crippen molar-refractivity contribution in [2.24, 2.45) is 0 Å². The number of rotatable bonds is 2. The van der Waals surface area contributed by atoms with Crippen LogP contribution in [0.15, 0.2) is 11.2 Å². The lowest BCUT2D eigenvalue weighted by Crippen LogP contribution is -2.04. The Hall–Kier alpha value is -0.970. The molecule has 0 amide bonds. The van der Waals surface area contributed by atoms with Gasteiger partial charge in [-0.25, -0.2) is 22.2 Å². The molecule has 0 aliphatic carbocycles. The maximum Gasteiger partial charge on any atom is 0.279 e. The number of nitrogens with zero attached hydrogens (tertiary/aromatic N) is 2. The Labute approximate surface area is 98.8 Å². The van der Waals surface area contributed by atoms with Crippen molar-refractivity contribution in [3.8, 4) is 6.07 Å². The SMILES string of the molecule is N#Cc1cnc(S(=O)(=O)Cl)c(C(F)F)c1Cl. The summed E-state index contributed by atoms with van der Waals surface area (Å²) in [5.74, 6) is 0. The molecule has 0 aromatic carbocycles. The van der Waals surface area contributed by atoms with Crippen LogP contribution in [0, 0.1) is 11.3 Å². The van der Waals surface area contributed by atoms with Crippen LogP contribution in [0.3, 0.4) is 0 Å². The molecule has 0 aliphatic heterocycles. The second-order valence-corrected chi connectivity index (χ2v) is 5.41. The molecule has 0 saturated carbocycles. The largest absolute Gasteiger partial charge is 0.279 e. The van der Waals surface area contributed by atoms with Crippen LogP contribution < -0.4 is 0 Å². The van der Waals surface area contributed by atoms with Gasteiger partial charge in [-0.15, -0.1) is 0 Å². The molecular formula is C7H2Cl2F2N2O2S. The van der Waals surface area contributed by atoms with Crippen molar-refractivity contribution in [1.82, 2.24) is 4.98 Å². The molecule has 1 aromatic rings. The zero-order chi connectivity index (χ0) is 12.5. The first-order chi connectivity index (χ1) is 7.29. The molecule has 1 aromatic heterocycles. The molecule has 0 spiro atoms. The van der Waals surface area contributed by atoms with Gasteiger partial charge in [0.15, 0.2) is 5.03 Å². The van der Waals surface area contributed by atoms with Crippen LogP contribution >= 0.6 is 22.3 Å². The van der Waals surface area contributed by atoms with E-state index < -0.39 is 31.1 Å². The molecule has 1 heterocycles. The highest BCUT2D eigenvalue weighted by molar-refractivity contribution is 8.13. The number of alkyl halides is 2. The van der Waals surface area contributed by atoms with Gasteiger partial charge < -0.3 is 0 Å². The smallest absolute Gasteiger partial charge is 0.242 e. The predicted molar refractivity (Wildman–Crippen MR) is 52.0 cm³/mol. The number of aromatic nitrogens is 1. The van der Waals surface area contributed by atoms with E-state index in [2.05, 4.69) is 4.98 Å². The van der Waals surface area contributed by atoms with E-state index in [-0.39, 0.29) is 5.56 Å². The van der Waals surface area contributed by atoms with Crippen LogP contribution in [-0.4, -0.2) is 13.4 Å².